The molecule has 0 radical (unpaired) electrons. The van der Waals surface area contributed by atoms with Gasteiger partial charge in [0.15, 0.2) is 5.96 Å². The van der Waals surface area contributed by atoms with E-state index in [0.29, 0.717) is 6.42 Å². The van der Waals surface area contributed by atoms with Crippen LogP contribution >= 0.6 is 0 Å². The number of carbonyl (C=O) groups excluding carboxylic acids is 3. The second kappa shape index (κ2) is 14.6. The zero-order chi connectivity index (χ0) is 26.6. The van der Waals surface area contributed by atoms with Gasteiger partial charge in [-0.2, -0.15) is 0 Å². The molecule has 16 nitrogen and oxygen atoms in total. The average Bonchev–Trinajstić information content (AvgIpc) is 2.70. The van der Waals surface area contributed by atoms with Gasteiger partial charge < -0.3 is 53.6 Å². The molecule has 0 aliphatic heterocycles. The van der Waals surface area contributed by atoms with Crippen LogP contribution in [0.3, 0.4) is 0 Å². The Morgan fingerprint density at radius 1 is 0.853 bits per heavy atom. The van der Waals surface area contributed by atoms with Crippen LogP contribution in [0.2, 0.25) is 0 Å². The van der Waals surface area contributed by atoms with E-state index in [1.54, 1.807) is 0 Å². The minimum atomic E-state index is -1.83. The number of amides is 3. The molecule has 0 aromatic rings. The molecule has 0 aromatic carbocycles. The topological polar surface area (TPSA) is 293 Å². The van der Waals surface area contributed by atoms with E-state index in [0.717, 1.165) is 6.92 Å². The van der Waals surface area contributed by atoms with E-state index in [9.17, 15) is 34.2 Å². The van der Waals surface area contributed by atoms with Crippen LogP contribution in [0, 0.1) is 0 Å². The molecule has 16 heteroatoms. The second-order valence-electron chi connectivity index (χ2n) is 7.51. The maximum Gasteiger partial charge on any atom is 0.326 e. The number of aliphatic hydroxyl groups is 2. The molecule has 34 heavy (non-hydrogen) atoms. The van der Waals surface area contributed by atoms with Crippen molar-refractivity contribution < 1.29 is 44.4 Å². The molecule has 0 spiro atoms. The minimum absolute atomic E-state index is 0.127. The van der Waals surface area contributed by atoms with Crippen molar-refractivity contribution in [1.29, 1.82) is 0 Å². The van der Waals surface area contributed by atoms with Gasteiger partial charge in [0.2, 0.25) is 17.7 Å². The lowest BCUT2D eigenvalue weighted by atomic mass is 10.1. The van der Waals surface area contributed by atoms with Crippen LogP contribution < -0.4 is 33.2 Å². The molecule has 0 aliphatic carbocycles. The number of aliphatic imine (C=N–C) groups is 1. The summed E-state index contributed by atoms with van der Waals surface area (Å²) in [5, 5.41) is 43.9. The Labute approximate surface area is 194 Å². The van der Waals surface area contributed by atoms with Gasteiger partial charge in [0.25, 0.3) is 0 Å². The van der Waals surface area contributed by atoms with Crippen molar-refractivity contribution in [3.63, 3.8) is 0 Å². The second-order valence-corrected chi connectivity index (χ2v) is 7.51. The highest BCUT2D eigenvalue weighted by molar-refractivity contribution is 5.95. The summed E-state index contributed by atoms with van der Waals surface area (Å²) in [6.45, 7) is 2.51. The van der Waals surface area contributed by atoms with Crippen molar-refractivity contribution in [1.82, 2.24) is 16.0 Å². The summed E-state index contributed by atoms with van der Waals surface area (Å²) in [5.74, 6) is -6.34. The fourth-order valence-electron chi connectivity index (χ4n) is 2.60. The Balaban J connectivity index is 5.25. The highest BCUT2D eigenvalue weighted by Gasteiger charge is 2.34. The summed E-state index contributed by atoms with van der Waals surface area (Å²) >= 11 is 0. The molecule has 0 heterocycles. The Kier molecular flexibility index (Phi) is 13.1. The third kappa shape index (κ3) is 11.4. The van der Waals surface area contributed by atoms with E-state index in [1.807, 2.05) is 5.32 Å². The molecule has 3 amide bonds. The first-order chi connectivity index (χ1) is 15.7. The number of carbonyl (C=O) groups is 5. The first-order valence-corrected chi connectivity index (χ1v) is 10.2. The number of guanidine groups is 1. The summed E-state index contributed by atoms with van der Waals surface area (Å²) in [5.41, 5.74) is 16.1. The number of carboxylic acids is 2. The maximum atomic E-state index is 12.6. The summed E-state index contributed by atoms with van der Waals surface area (Å²) in [6, 6.07) is -6.21. The molecule has 0 rings (SSSR count). The van der Waals surface area contributed by atoms with Crippen molar-refractivity contribution in [2.24, 2.45) is 22.2 Å². The summed E-state index contributed by atoms with van der Waals surface area (Å²) in [7, 11) is 0. The van der Waals surface area contributed by atoms with Crippen LogP contribution in [0.5, 0.6) is 0 Å². The number of rotatable bonds is 15. The SMILES string of the molecule is CC(O)C(NC(=O)C(N)CCCN=C(N)N)C(=O)NC(C(=O)NC(CC(=O)O)C(=O)O)C(C)O. The molecular weight excluding hydrogens is 458 g/mol. The van der Waals surface area contributed by atoms with E-state index in [1.165, 1.54) is 6.92 Å². The molecule has 0 saturated heterocycles. The van der Waals surface area contributed by atoms with E-state index < -0.39 is 72.5 Å². The molecule has 0 aromatic heterocycles. The number of nitrogens with two attached hydrogens (primary N) is 3. The molecule has 6 atom stereocenters. The molecule has 0 fully saturated rings. The van der Waals surface area contributed by atoms with Crippen molar-refractivity contribution in [3.05, 3.63) is 0 Å². The van der Waals surface area contributed by atoms with Crippen molar-refractivity contribution in [3.8, 4) is 0 Å². The predicted octanol–water partition coefficient (Wildman–Crippen LogP) is -4.86. The quantitative estimate of drug-likeness (QED) is 0.0586. The minimum Gasteiger partial charge on any atom is -0.481 e. The number of aliphatic carboxylic acids is 2. The molecule has 0 bridgehead atoms. The average molecular weight is 492 g/mol. The highest BCUT2D eigenvalue weighted by atomic mass is 16.4. The summed E-state index contributed by atoms with van der Waals surface area (Å²) < 4.78 is 0. The van der Waals surface area contributed by atoms with E-state index >= 15 is 0 Å². The van der Waals surface area contributed by atoms with Gasteiger partial charge in [-0.1, -0.05) is 0 Å². The number of aliphatic hydroxyl groups excluding tert-OH is 2. The first-order valence-electron chi connectivity index (χ1n) is 10.2. The number of hydrogen-bond donors (Lipinski definition) is 10. The number of carboxylic acid groups (broad SMARTS) is 2. The lowest BCUT2D eigenvalue weighted by molar-refractivity contribution is -0.148. The molecule has 194 valence electrons. The predicted molar refractivity (Wildman–Crippen MR) is 117 cm³/mol. The van der Waals surface area contributed by atoms with Crippen LogP contribution in [-0.2, 0) is 24.0 Å². The Morgan fingerprint density at radius 2 is 1.32 bits per heavy atom. The van der Waals surface area contributed by atoms with Gasteiger partial charge in [-0.05, 0) is 26.7 Å². The highest BCUT2D eigenvalue weighted by Crippen LogP contribution is 2.03. The van der Waals surface area contributed by atoms with Gasteiger partial charge in [-0.15, -0.1) is 0 Å². The van der Waals surface area contributed by atoms with Crippen LogP contribution in [0.4, 0.5) is 0 Å². The fraction of sp³-hybridized carbons (Fsp3) is 0.667. The Hall–Kier alpha value is -3.50. The monoisotopic (exact) mass is 491 g/mol. The largest absolute Gasteiger partial charge is 0.481 e. The lowest BCUT2D eigenvalue weighted by Gasteiger charge is -2.27. The Bertz CT molecular complexity index is 769. The van der Waals surface area contributed by atoms with Gasteiger partial charge >= 0.3 is 11.9 Å². The van der Waals surface area contributed by atoms with Crippen LogP contribution in [0.25, 0.3) is 0 Å². The molecular formula is C18H33N7O9. The van der Waals surface area contributed by atoms with Crippen LogP contribution in [-0.4, -0.2) is 99.0 Å². The van der Waals surface area contributed by atoms with Crippen molar-refractivity contribution in [2.45, 2.75) is 69.5 Å². The number of nitrogens with zero attached hydrogens (tertiary/aromatic N) is 1. The van der Waals surface area contributed by atoms with Gasteiger partial charge in [0, 0.05) is 6.54 Å². The fourth-order valence-corrected chi connectivity index (χ4v) is 2.60. The maximum absolute atomic E-state index is 12.6. The normalized spacial score (nSPS) is 16.0. The number of hydrogen-bond acceptors (Lipinski definition) is 9. The van der Waals surface area contributed by atoms with Crippen LogP contribution in [0.1, 0.15) is 33.1 Å². The lowest BCUT2D eigenvalue weighted by Crippen LogP contribution is -2.61. The molecule has 13 N–H and O–H groups in total. The standard InChI is InChI=1S/C18H33N7O9/c1-7(26)12(15(31)23-10(17(33)34)6-11(28)29)25-16(32)13(8(2)27)24-14(30)9(19)4-3-5-22-18(20)21/h7-10,12-13,26-27H,3-6,19H2,1-2H3,(H,23,31)(H,24,30)(H,25,32)(H,28,29)(H,33,34)(H4,20,21,22). The van der Waals surface area contributed by atoms with Crippen molar-refractivity contribution in [2.75, 3.05) is 6.54 Å². The smallest absolute Gasteiger partial charge is 0.326 e. The Morgan fingerprint density at radius 3 is 1.74 bits per heavy atom. The van der Waals surface area contributed by atoms with E-state index in [-0.39, 0.29) is 18.9 Å². The summed E-state index contributed by atoms with van der Waals surface area (Å²) in [6.07, 6.45) is -3.45. The van der Waals surface area contributed by atoms with Gasteiger partial charge in [0.1, 0.15) is 18.1 Å². The van der Waals surface area contributed by atoms with Gasteiger partial charge in [-0.25, -0.2) is 4.79 Å². The summed E-state index contributed by atoms with van der Waals surface area (Å²) in [4.78, 5) is 63.0. The van der Waals surface area contributed by atoms with Gasteiger partial charge in [0.05, 0.1) is 24.7 Å². The zero-order valence-corrected chi connectivity index (χ0v) is 18.8. The zero-order valence-electron chi connectivity index (χ0n) is 18.8. The van der Waals surface area contributed by atoms with Crippen molar-refractivity contribution >= 4 is 35.6 Å². The first kappa shape index (κ1) is 30.5. The van der Waals surface area contributed by atoms with Gasteiger partial charge in [-0.3, -0.25) is 24.2 Å². The molecule has 0 saturated carbocycles. The van der Waals surface area contributed by atoms with E-state index in [4.69, 9.17) is 27.4 Å². The third-order valence-electron chi connectivity index (χ3n) is 4.42. The molecule has 0 aliphatic rings. The van der Waals surface area contributed by atoms with Crippen LogP contribution in [0.15, 0.2) is 4.99 Å². The number of nitrogens with one attached hydrogen (secondary N) is 3. The third-order valence-corrected chi connectivity index (χ3v) is 4.42. The molecule has 6 unspecified atom stereocenters. The van der Waals surface area contributed by atoms with E-state index in [2.05, 4.69) is 15.6 Å².